The Hall–Kier alpha value is -2.16. The van der Waals surface area contributed by atoms with Crippen molar-refractivity contribution in [1.82, 2.24) is 24.1 Å². The molecule has 1 N–H and O–H groups in total. The van der Waals surface area contributed by atoms with Crippen LogP contribution in [0.1, 0.15) is 16.4 Å². The van der Waals surface area contributed by atoms with Gasteiger partial charge in [-0.2, -0.15) is 4.68 Å². The molecule has 0 aliphatic rings. The summed E-state index contributed by atoms with van der Waals surface area (Å²) in [7, 11) is 2.13. The number of benzene rings is 1. The van der Waals surface area contributed by atoms with Crippen molar-refractivity contribution >= 4 is 39.5 Å². The van der Waals surface area contributed by atoms with Gasteiger partial charge >= 0.3 is 0 Å². The highest BCUT2D eigenvalue weighted by Gasteiger charge is 2.14. The fourth-order valence-corrected chi connectivity index (χ4v) is 4.41. The summed E-state index contributed by atoms with van der Waals surface area (Å²) in [5.41, 5.74) is 3.07. The first kappa shape index (κ1) is 16.3. The predicted molar refractivity (Wildman–Crippen MR) is 101 cm³/mol. The molecule has 3 aromatic heterocycles. The van der Waals surface area contributed by atoms with Gasteiger partial charge < -0.3 is 4.90 Å². The molecular weight excluding hydrogens is 352 g/mol. The molecule has 8 heteroatoms. The Kier molecular flexibility index (Phi) is 4.10. The van der Waals surface area contributed by atoms with Gasteiger partial charge in [0.25, 0.3) is 5.78 Å². The first-order chi connectivity index (χ1) is 12.0. The number of hydrogen-bond acceptors (Lipinski definition) is 5. The van der Waals surface area contributed by atoms with Gasteiger partial charge in [0.2, 0.25) is 4.77 Å². The minimum absolute atomic E-state index is 0.662. The number of thiazole rings is 1. The second-order valence-electron chi connectivity index (χ2n) is 6.32. The summed E-state index contributed by atoms with van der Waals surface area (Å²) < 4.78 is 5.69. The minimum atomic E-state index is 0.662. The van der Waals surface area contributed by atoms with Gasteiger partial charge in [-0.25, -0.2) is 9.97 Å². The molecule has 0 aliphatic carbocycles. The third kappa shape index (κ3) is 3.08. The van der Waals surface area contributed by atoms with Crippen LogP contribution in [-0.4, -0.2) is 31.2 Å². The van der Waals surface area contributed by atoms with Crippen molar-refractivity contribution in [1.29, 1.82) is 0 Å². The molecule has 6 nitrogen and oxygen atoms in total. The van der Waals surface area contributed by atoms with E-state index in [1.54, 1.807) is 11.3 Å². The highest BCUT2D eigenvalue weighted by atomic mass is 32.1. The third-order valence-electron chi connectivity index (χ3n) is 4.08. The average molecular weight is 372 g/mol. The number of fused-ring (bicyclic) bond motifs is 2. The van der Waals surface area contributed by atoms with Crippen LogP contribution in [0.5, 0.6) is 0 Å². The number of quaternary nitrogens is 1. The van der Waals surface area contributed by atoms with E-state index in [2.05, 4.69) is 29.3 Å². The molecule has 4 aromatic rings. The summed E-state index contributed by atoms with van der Waals surface area (Å²) in [4.78, 5) is 10.5. The van der Waals surface area contributed by atoms with Gasteiger partial charge in [0.05, 0.1) is 17.3 Å². The van der Waals surface area contributed by atoms with Crippen LogP contribution in [0.15, 0.2) is 30.3 Å². The number of para-hydroxylation sites is 1. The fraction of sp³-hybridized carbons (Fsp3) is 0.294. The van der Waals surface area contributed by atoms with Crippen LogP contribution < -0.4 is 4.90 Å². The van der Waals surface area contributed by atoms with Crippen molar-refractivity contribution in [2.45, 2.75) is 27.1 Å². The monoisotopic (exact) mass is 371 g/mol. The lowest BCUT2D eigenvalue weighted by Gasteiger charge is -2.11. The van der Waals surface area contributed by atoms with Crippen molar-refractivity contribution in [3.05, 3.63) is 51.5 Å². The summed E-state index contributed by atoms with van der Waals surface area (Å²) in [5.74, 6) is 0.662. The van der Waals surface area contributed by atoms with Gasteiger partial charge in [-0.3, -0.25) is 4.40 Å². The van der Waals surface area contributed by atoms with E-state index in [4.69, 9.17) is 17.2 Å². The molecule has 4 rings (SSSR count). The topological polar surface area (TPSA) is 52.5 Å². The van der Waals surface area contributed by atoms with E-state index in [0.717, 1.165) is 28.5 Å². The summed E-state index contributed by atoms with van der Waals surface area (Å²) >= 11 is 7.33. The normalized spacial score (nSPS) is 12.9. The summed E-state index contributed by atoms with van der Waals surface area (Å²) in [5, 5.41) is 5.71. The van der Waals surface area contributed by atoms with Crippen LogP contribution in [0.2, 0.25) is 0 Å². The zero-order valence-corrected chi connectivity index (χ0v) is 16.0. The first-order valence-corrected chi connectivity index (χ1v) is 9.33. The lowest BCUT2D eigenvalue weighted by Crippen LogP contribution is -3.07. The molecule has 25 heavy (non-hydrogen) atoms. The van der Waals surface area contributed by atoms with Crippen molar-refractivity contribution in [3.63, 3.8) is 0 Å². The molecule has 1 aromatic carbocycles. The number of hydrogen-bond donors (Lipinski definition) is 1. The maximum absolute atomic E-state index is 5.59. The number of aryl methyl sites for hydroxylation is 2. The molecule has 0 fully saturated rings. The Morgan fingerprint density at radius 2 is 2.00 bits per heavy atom. The lowest BCUT2D eigenvalue weighted by atomic mass is 10.3. The molecule has 3 heterocycles. The smallest absolute Gasteiger partial charge is 0.254 e. The molecule has 0 bridgehead atoms. The van der Waals surface area contributed by atoms with Gasteiger partial charge in [0.1, 0.15) is 11.6 Å². The molecule has 128 valence electrons. The number of nitrogens with zero attached hydrogens (tertiary/aromatic N) is 5. The second-order valence-corrected chi connectivity index (χ2v) is 7.80. The van der Waals surface area contributed by atoms with Gasteiger partial charge in [0.15, 0.2) is 6.67 Å². The third-order valence-corrected chi connectivity index (χ3v) is 5.51. The van der Waals surface area contributed by atoms with Crippen molar-refractivity contribution in [2.75, 3.05) is 7.05 Å². The molecule has 1 atom stereocenters. The van der Waals surface area contributed by atoms with Gasteiger partial charge in [-0.15, -0.1) is 16.4 Å². The average Bonchev–Trinajstić information content (AvgIpc) is 3.08. The number of nitrogens with one attached hydrogen (secondary N) is 1. The Morgan fingerprint density at radius 1 is 1.20 bits per heavy atom. The Bertz CT molecular complexity index is 1090. The molecule has 0 radical (unpaired) electrons. The first-order valence-electron chi connectivity index (χ1n) is 8.11. The SMILES string of the molecule is Cc1cc(C)n2c(=S)n(C[NH+](C)Cc3nc4ccccc4s3)nc2n1. The van der Waals surface area contributed by atoms with E-state index >= 15 is 0 Å². The van der Waals surface area contributed by atoms with Crippen LogP contribution in [0.25, 0.3) is 16.0 Å². The summed E-state index contributed by atoms with van der Waals surface area (Å²) in [6, 6.07) is 10.3. The second kappa shape index (κ2) is 6.29. The molecule has 0 saturated heterocycles. The molecule has 0 aliphatic heterocycles. The molecule has 0 spiro atoms. The predicted octanol–water partition coefficient (Wildman–Crippen LogP) is 2.16. The summed E-state index contributed by atoms with van der Waals surface area (Å²) in [6.45, 7) is 5.51. The van der Waals surface area contributed by atoms with Crippen LogP contribution in [0.4, 0.5) is 0 Å². The Balaban J connectivity index is 1.59. The molecule has 0 amide bonds. The van der Waals surface area contributed by atoms with E-state index in [0.29, 0.717) is 17.2 Å². The quantitative estimate of drug-likeness (QED) is 0.559. The zero-order chi connectivity index (χ0) is 17.6. The Labute approximate surface area is 154 Å². The van der Waals surface area contributed by atoms with Gasteiger partial charge in [0, 0.05) is 11.4 Å². The van der Waals surface area contributed by atoms with Crippen LogP contribution in [0.3, 0.4) is 0 Å². The standard InChI is InChI=1S/C17H18N6S2/c1-11-8-12(2)23-16(18-11)20-22(17(23)24)10-21(3)9-15-19-13-6-4-5-7-14(13)25-15/h4-8H,9-10H2,1-3H3/p+1. The maximum Gasteiger partial charge on any atom is 0.254 e. The maximum atomic E-state index is 5.59. The van der Waals surface area contributed by atoms with E-state index in [1.165, 1.54) is 9.60 Å². The summed E-state index contributed by atoms with van der Waals surface area (Å²) in [6.07, 6.45) is 0. The van der Waals surface area contributed by atoms with Gasteiger partial charge in [-0.1, -0.05) is 12.1 Å². The van der Waals surface area contributed by atoms with E-state index < -0.39 is 0 Å². The van der Waals surface area contributed by atoms with Gasteiger partial charge in [-0.05, 0) is 44.3 Å². The Morgan fingerprint density at radius 3 is 2.80 bits per heavy atom. The number of aromatic nitrogens is 5. The highest BCUT2D eigenvalue weighted by molar-refractivity contribution is 7.71. The lowest BCUT2D eigenvalue weighted by molar-refractivity contribution is -0.917. The fourth-order valence-electron chi connectivity index (χ4n) is 3.00. The van der Waals surface area contributed by atoms with Crippen LogP contribution >= 0.6 is 23.6 Å². The highest BCUT2D eigenvalue weighted by Crippen LogP contribution is 2.20. The molecule has 1 unspecified atom stereocenters. The zero-order valence-electron chi connectivity index (χ0n) is 14.4. The van der Waals surface area contributed by atoms with Crippen molar-refractivity contribution in [2.24, 2.45) is 0 Å². The van der Waals surface area contributed by atoms with Crippen LogP contribution in [-0.2, 0) is 13.2 Å². The van der Waals surface area contributed by atoms with Crippen molar-refractivity contribution in [3.8, 4) is 0 Å². The van der Waals surface area contributed by atoms with E-state index in [1.807, 2.05) is 41.1 Å². The molecule has 0 saturated carbocycles. The molecular formula is C17H19N6S2+. The van der Waals surface area contributed by atoms with E-state index in [-0.39, 0.29) is 0 Å². The largest absolute Gasteiger partial charge is 0.313 e. The van der Waals surface area contributed by atoms with Crippen LogP contribution in [0, 0.1) is 18.6 Å². The van der Waals surface area contributed by atoms with E-state index in [9.17, 15) is 0 Å². The van der Waals surface area contributed by atoms with Crippen molar-refractivity contribution < 1.29 is 4.90 Å². The number of rotatable bonds is 4. The minimum Gasteiger partial charge on any atom is -0.313 e.